The molecule has 1 heterocycles. The maximum atomic E-state index is 12.2. The Hall–Kier alpha value is -1.29. The second-order valence-corrected chi connectivity index (χ2v) is 5.57. The number of halogens is 3. The fourth-order valence-electron chi connectivity index (χ4n) is 1.80. The predicted octanol–water partition coefficient (Wildman–Crippen LogP) is 4.31. The van der Waals surface area contributed by atoms with Crippen LogP contribution in [0.25, 0.3) is 0 Å². The fourth-order valence-corrected chi connectivity index (χ4v) is 2.55. The van der Waals surface area contributed by atoms with Gasteiger partial charge in [-0.2, -0.15) is 0 Å². The van der Waals surface area contributed by atoms with Gasteiger partial charge in [-0.1, -0.05) is 34.8 Å². The molecule has 1 amide bonds. The number of rotatable bonds is 3. The van der Waals surface area contributed by atoms with Gasteiger partial charge in [-0.25, -0.2) is 4.98 Å². The summed E-state index contributed by atoms with van der Waals surface area (Å²) in [7, 11) is 1.70. The fraction of sp³-hybridized carbons (Fsp3) is 0.143. The number of carbonyl (C=O) groups is 1. The number of hydrogen-bond acceptors (Lipinski definition) is 2. The second kappa shape index (κ2) is 6.44. The summed E-state index contributed by atoms with van der Waals surface area (Å²) in [5, 5.41) is 1.37. The van der Waals surface area contributed by atoms with E-state index in [0.717, 1.165) is 5.56 Å². The number of pyridine rings is 1. The summed E-state index contributed by atoms with van der Waals surface area (Å²) < 4.78 is 0. The molecule has 0 N–H and O–H groups in total. The number of hydrogen-bond donors (Lipinski definition) is 0. The Morgan fingerprint density at radius 3 is 2.40 bits per heavy atom. The maximum Gasteiger partial charge on any atom is 0.254 e. The van der Waals surface area contributed by atoms with E-state index in [1.807, 2.05) is 0 Å². The minimum atomic E-state index is -0.148. The van der Waals surface area contributed by atoms with Crippen molar-refractivity contribution < 1.29 is 4.79 Å². The maximum absolute atomic E-state index is 12.2. The topological polar surface area (TPSA) is 33.2 Å². The van der Waals surface area contributed by atoms with Gasteiger partial charge < -0.3 is 4.90 Å². The van der Waals surface area contributed by atoms with Crippen molar-refractivity contribution in [3.05, 3.63) is 62.9 Å². The van der Waals surface area contributed by atoms with Gasteiger partial charge in [0.05, 0.1) is 0 Å². The number of nitrogens with zero attached hydrogens (tertiary/aromatic N) is 2. The molecule has 3 nitrogen and oxygen atoms in total. The molecule has 6 heteroatoms. The molecule has 0 aliphatic heterocycles. The van der Waals surface area contributed by atoms with Gasteiger partial charge in [-0.05, 0) is 35.9 Å². The molecule has 0 saturated carbocycles. The molecule has 0 radical (unpaired) electrons. The van der Waals surface area contributed by atoms with Crippen molar-refractivity contribution in [3.8, 4) is 0 Å². The van der Waals surface area contributed by atoms with E-state index < -0.39 is 0 Å². The number of aromatic nitrogens is 1. The minimum Gasteiger partial charge on any atom is -0.337 e. The summed E-state index contributed by atoms with van der Waals surface area (Å²) in [4.78, 5) is 17.7. The van der Waals surface area contributed by atoms with Crippen LogP contribution in [-0.2, 0) is 6.54 Å². The third-order valence-corrected chi connectivity index (χ3v) is 3.31. The molecule has 0 saturated heterocycles. The lowest BCUT2D eigenvalue weighted by Gasteiger charge is -2.17. The van der Waals surface area contributed by atoms with Gasteiger partial charge >= 0.3 is 0 Å². The number of carbonyl (C=O) groups excluding carboxylic acids is 1. The number of amides is 1. The highest BCUT2D eigenvalue weighted by molar-refractivity contribution is 6.34. The van der Waals surface area contributed by atoms with Crippen molar-refractivity contribution in [3.63, 3.8) is 0 Å². The average molecular weight is 330 g/mol. The van der Waals surface area contributed by atoms with E-state index >= 15 is 0 Å². The van der Waals surface area contributed by atoms with Crippen molar-refractivity contribution in [2.45, 2.75) is 6.54 Å². The van der Waals surface area contributed by atoms with E-state index in [4.69, 9.17) is 34.8 Å². The van der Waals surface area contributed by atoms with E-state index in [1.54, 1.807) is 36.2 Å². The quantitative estimate of drug-likeness (QED) is 0.786. The predicted molar refractivity (Wildman–Crippen MR) is 81.5 cm³/mol. The Kier molecular flexibility index (Phi) is 4.86. The Balaban J connectivity index is 2.15. The summed E-state index contributed by atoms with van der Waals surface area (Å²) >= 11 is 17.7. The summed E-state index contributed by atoms with van der Waals surface area (Å²) in [6, 6.07) is 8.35. The normalized spacial score (nSPS) is 10.4. The molecule has 20 heavy (non-hydrogen) atoms. The van der Waals surface area contributed by atoms with Crippen LogP contribution >= 0.6 is 34.8 Å². The molecule has 0 aliphatic carbocycles. The van der Waals surface area contributed by atoms with Gasteiger partial charge in [0.2, 0.25) is 0 Å². The van der Waals surface area contributed by atoms with Crippen molar-refractivity contribution in [2.24, 2.45) is 0 Å². The van der Waals surface area contributed by atoms with E-state index in [9.17, 15) is 4.79 Å². The standard InChI is InChI=1S/C14H11Cl3N2O/c1-19(8-9-4-11(15)7-12(16)5-9)14(20)10-2-3-18-13(17)6-10/h2-7H,8H2,1H3. The zero-order chi connectivity index (χ0) is 14.7. The third kappa shape index (κ3) is 3.85. The largest absolute Gasteiger partial charge is 0.337 e. The van der Waals surface area contributed by atoms with Gasteiger partial charge in [0.1, 0.15) is 5.15 Å². The summed E-state index contributed by atoms with van der Waals surface area (Å²) in [5.41, 5.74) is 1.35. The van der Waals surface area contributed by atoms with Gasteiger partial charge in [0.15, 0.2) is 0 Å². The summed E-state index contributed by atoms with van der Waals surface area (Å²) in [6.07, 6.45) is 1.50. The first kappa shape index (κ1) is 15.1. The first-order valence-electron chi connectivity index (χ1n) is 5.77. The highest BCUT2D eigenvalue weighted by Gasteiger charge is 2.13. The van der Waals surface area contributed by atoms with Crippen molar-refractivity contribution in [2.75, 3.05) is 7.05 Å². The SMILES string of the molecule is CN(Cc1cc(Cl)cc(Cl)c1)C(=O)c1ccnc(Cl)c1. The molecule has 0 fully saturated rings. The van der Waals surface area contributed by atoms with Crippen LogP contribution in [0.1, 0.15) is 15.9 Å². The Bertz CT molecular complexity index is 626. The van der Waals surface area contributed by atoms with Gasteiger partial charge in [0, 0.05) is 35.4 Å². The van der Waals surface area contributed by atoms with Crippen LogP contribution in [0.3, 0.4) is 0 Å². The molecular weight excluding hydrogens is 319 g/mol. The zero-order valence-corrected chi connectivity index (χ0v) is 12.9. The lowest BCUT2D eigenvalue weighted by atomic mass is 10.2. The van der Waals surface area contributed by atoms with Crippen LogP contribution in [0.2, 0.25) is 15.2 Å². The first-order valence-corrected chi connectivity index (χ1v) is 6.91. The molecule has 0 spiro atoms. The molecule has 104 valence electrons. The van der Waals surface area contributed by atoms with Crippen LogP contribution in [-0.4, -0.2) is 22.8 Å². The lowest BCUT2D eigenvalue weighted by Crippen LogP contribution is -2.26. The number of benzene rings is 1. The minimum absolute atomic E-state index is 0.148. The molecule has 0 aliphatic rings. The summed E-state index contributed by atoms with van der Waals surface area (Å²) in [5.74, 6) is -0.148. The van der Waals surface area contributed by atoms with E-state index in [1.165, 1.54) is 12.3 Å². The molecule has 1 aromatic carbocycles. The smallest absolute Gasteiger partial charge is 0.254 e. The van der Waals surface area contributed by atoms with Crippen molar-refractivity contribution >= 4 is 40.7 Å². The average Bonchev–Trinajstić information content (AvgIpc) is 2.36. The molecule has 0 unspecified atom stereocenters. The van der Waals surface area contributed by atoms with Gasteiger partial charge in [0.25, 0.3) is 5.91 Å². The van der Waals surface area contributed by atoms with Crippen molar-refractivity contribution in [1.82, 2.24) is 9.88 Å². The van der Waals surface area contributed by atoms with E-state index in [-0.39, 0.29) is 11.1 Å². The second-order valence-electron chi connectivity index (χ2n) is 4.31. The third-order valence-electron chi connectivity index (χ3n) is 2.66. The van der Waals surface area contributed by atoms with Gasteiger partial charge in [-0.3, -0.25) is 4.79 Å². The molecule has 2 aromatic rings. The van der Waals surface area contributed by atoms with Crippen molar-refractivity contribution in [1.29, 1.82) is 0 Å². The molecule has 0 atom stereocenters. The van der Waals surface area contributed by atoms with Crippen LogP contribution in [0.15, 0.2) is 36.5 Å². The molecular formula is C14H11Cl3N2O. The van der Waals surface area contributed by atoms with Crippen LogP contribution < -0.4 is 0 Å². The van der Waals surface area contributed by atoms with Crippen LogP contribution in [0.5, 0.6) is 0 Å². The Morgan fingerprint density at radius 2 is 1.80 bits per heavy atom. The van der Waals surface area contributed by atoms with E-state index in [2.05, 4.69) is 4.98 Å². The van der Waals surface area contributed by atoms with Gasteiger partial charge in [-0.15, -0.1) is 0 Å². The van der Waals surface area contributed by atoms with Crippen LogP contribution in [0.4, 0.5) is 0 Å². The zero-order valence-electron chi connectivity index (χ0n) is 10.6. The molecule has 0 bridgehead atoms. The van der Waals surface area contributed by atoms with E-state index in [0.29, 0.717) is 22.2 Å². The lowest BCUT2D eigenvalue weighted by molar-refractivity contribution is 0.0785. The molecule has 1 aromatic heterocycles. The van der Waals surface area contributed by atoms with Crippen LogP contribution in [0, 0.1) is 0 Å². The highest BCUT2D eigenvalue weighted by atomic mass is 35.5. The first-order chi connectivity index (χ1) is 9.45. The Labute approximate surface area is 132 Å². The molecule has 2 rings (SSSR count). The Morgan fingerprint density at radius 1 is 1.15 bits per heavy atom. The highest BCUT2D eigenvalue weighted by Crippen LogP contribution is 2.20. The summed E-state index contributed by atoms with van der Waals surface area (Å²) in [6.45, 7) is 0.402. The monoisotopic (exact) mass is 328 g/mol.